The summed E-state index contributed by atoms with van der Waals surface area (Å²) in [4.78, 5) is 0. The molecule has 0 aliphatic heterocycles. The van der Waals surface area contributed by atoms with Crippen LogP contribution in [0.1, 0.15) is 17.2 Å². The van der Waals surface area contributed by atoms with Gasteiger partial charge in [0, 0.05) is 18.2 Å². The molecule has 0 saturated heterocycles. The van der Waals surface area contributed by atoms with E-state index in [1.807, 2.05) is 19.1 Å². The van der Waals surface area contributed by atoms with Crippen LogP contribution < -0.4 is 11.5 Å². The van der Waals surface area contributed by atoms with Gasteiger partial charge in [-0.2, -0.15) is 0 Å². The second-order valence-electron chi connectivity index (χ2n) is 2.90. The van der Waals surface area contributed by atoms with E-state index < -0.39 is 0 Å². The number of hydrogen-bond donors (Lipinski definition) is 3. The highest BCUT2D eigenvalue weighted by Gasteiger charge is 2.07. The third-order valence-corrected chi connectivity index (χ3v) is 1.84. The predicted molar refractivity (Wildman–Crippen MR) is 48.8 cm³/mol. The first-order valence-electron chi connectivity index (χ1n) is 3.90. The zero-order valence-electron chi connectivity index (χ0n) is 7.12. The van der Waals surface area contributed by atoms with Crippen LogP contribution in [0, 0.1) is 6.92 Å². The Labute approximate surface area is 72.0 Å². The first kappa shape index (κ1) is 9.03. The highest BCUT2D eigenvalue weighted by molar-refractivity contribution is 5.37. The van der Waals surface area contributed by atoms with Gasteiger partial charge in [0.2, 0.25) is 0 Å². The minimum Gasteiger partial charge on any atom is -0.508 e. The smallest absolute Gasteiger partial charge is 0.120 e. The van der Waals surface area contributed by atoms with Crippen molar-refractivity contribution >= 4 is 0 Å². The molecule has 66 valence electrons. The molecule has 1 rings (SSSR count). The van der Waals surface area contributed by atoms with Crippen molar-refractivity contribution in [2.24, 2.45) is 11.5 Å². The van der Waals surface area contributed by atoms with Gasteiger partial charge in [-0.05, 0) is 18.6 Å². The van der Waals surface area contributed by atoms with Gasteiger partial charge in [0.25, 0.3) is 0 Å². The minimum absolute atomic E-state index is 0.230. The summed E-state index contributed by atoms with van der Waals surface area (Å²) >= 11 is 0. The summed E-state index contributed by atoms with van der Waals surface area (Å²) in [6.45, 7) is 2.26. The van der Waals surface area contributed by atoms with Gasteiger partial charge < -0.3 is 16.6 Å². The molecular weight excluding hydrogens is 152 g/mol. The molecule has 0 spiro atoms. The molecule has 0 amide bonds. The van der Waals surface area contributed by atoms with Crippen LogP contribution in [0.2, 0.25) is 0 Å². The Balaban J connectivity index is 3.01. The van der Waals surface area contributed by atoms with Crippen LogP contribution in [-0.4, -0.2) is 11.7 Å². The number of benzene rings is 1. The molecule has 0 aliphatic rings. The fourth-order valence-corrected chi connectivity index (χ4v) is 1.09. The summed E-state index contributed by atoms with van der Waals surface area (Å²) in [6, 6.07) is 5.13. The molecule has 0 radical (unpaired) electrons. The highest BCUT2D eigenvalue weighted by Crippen LogP contribution is 2.22. The molecule has 0 aromatic heterocycles. The molecule has 0 saturated carbocycles. The summed E-state index contributed by atoms with van der Waals surface area (Å²) in [6.07, 6.45) is 0. The Hall–Kier alpha value is -1.06. The molecule has 3 nitrogen and oxygen atoms in total. The minimum atomic E-state index is -0.273. The Bertz CT molecular complexity index is 273. The summed E-state index contributed by atoms with van der Waals surface area (Å²) in [7, 11) is 0. The Morgan fingerprint density at radius 2 is 2.17 bits per heavy atom. The SMILES string of the molecule is Cc1ccc(C(N)CN)c(O)c1. The van der Waals surface area contributed by atoms with Crippen molar-refractivity contribution in [1.82, 2.24) is 0 Å². The first-order chi connectivity index (χ1) is 5.65. The van der Waals surface area contributed by atoms with E-state index in [1.54, 1.807) is 6.07 Å². The largest absolute Gasteiger partial charge is 0.508 e. The molecule has 1 aromatic carbocycles. The second-order valence-corrected chi connectivity index (χ2v) is 2.90. The molecule has 1 unspecified atom stereocenters. The highest BCUT2D eigenvalue weighted by atomic mass is 16.3. The van der Waals surface area contributed by atoms with Crippen LogP contribution in [0.3, 0.4) is 0 Å². The normalized spacial score (nSPS) is 12.9. The molecule has 0 heterocycles. The Kier molecular flexibility index (Phi) is 2.68. The van der Waals surface area contributed by atoms with E-state index in [0.717, 1.165) is 5.56 Å². The molecule has 3 heteroatoms. The summed E-state index contributed by atoms with van der Waals surface area (Å²) in [5, 5.41) is 9.46. The second kappa shape index (κ2) is 3.56. The van der Waals surface area contributed by atoms with Gasteiger partial charge in [-0.3, -0.25) is 0 Å². The third kappa shape index (κ3) is 1.75. The lowest BCUT2D eigenvalue weighted by Crippen LogP contribution is -2.20. The van der Waals surface area contributed by atoms with Gasteiger partial charge in [0.05, 0.1) is 0 Å². The maximum atomic E-state index is 9.46. The van der Waals surface area contributed by atoms with E-state index >= 15 is 0 Å². The number of rotatable bonds is 2. The van der Waals surface area contributed by atoms with E-state index in [4.69, 9.17) is 11.5 Å². The number of aryl methyl sites for hydroxylation is 1. The van der Waals surface area contributed by atoms with Gasteiger partial charge in [-0.15, -0.1) is 0 Å². The summed E-state index contributed by atoms with van der Waals surface area (Å²) in [5.41, 5.74) is 12.8. The molecule has 1 aromatic rings. The number of nitrogens with two attached hydrogens (primary N) is 2. The topological polar surface area (TPSA) is 72.3 Å². The van der Waals surface area contributed by atoms with E-state index in [9.17, 15) is 5.11 Å². The van der Waals surface area contributed by atoms with Crippen LogP contribution in [0.15, 0.2) is 18.2 Å². The molecular formula is C9H14N2O. The molecule has 12 heavy (non-hydrogen) atoms. The monoisotopic (exact) mass is 166 g/mol. The standard InChI is InChI=1S/C9H14N2O/c1-6-2-3-7(8(11)5-10)9(12)4-6/h2-4,8,12H,5,10-11H2,1H3. The van der Waals surface area contributed by atoms with Crippen molar-refractivity contribution < 1.29 is 5.11 Å². The van der Waals surface area contributed by atoms with Crippen LogP contribution in [0.4, 0.5) is 0 Å². The van der Waals surface area contributed by atoms with Gasteiger partial charge in [-0.1, -0.05) is 12.1 Å². The number of aromatic hydroxyl groups is 1. The number of phenols is 1. The van der Waals surface area contributed by atoms with Gasteiger partial charge in [0.15, 0.2) is 0 Å². The lowest BCUT2D eigenvalue weighted by Gasteiger charge is -2.11. The number of hydrogen-bond acceptors (Lipinski definition) is 3. The molecule has 0 aliphatic carbocycles. The van der Waals surface area contributed by atoms with Crippen molar-refractivity contribution in [1.29, 1.82) is 0 Å². The summed E-state index contributed by atoms with van der Waals surface area (Å²) in [5.74, 6) is 0.230. The number of phenolic OH excluding ortho intramolecular Hbond substituents is 1. The molecule has 1 atom stereocenters. The molecule has 5 N–H and O–H groups in total. The third-order valence-electron chi connectivity index (χ3n) is 1.84. The van der Waals surface area contributed by atoms with Gasteiger partial charge >= 0.3 is 0 Å². The van der Waals surface area contributed by atoms with E-state index in [2.05, 4.69) is 0 Å². The van der Waals surface area contributed by atoms with Crippen molar-refractivity contribution in [2.45, 2.75) is 13.0 Å². The van der Waals surface area contributed by atoms with Crippen molar-refractivity contribution in [2.75, 3.05) is 6.54 Å². The maximum Gasteiger partial charge on any atom is 0.120 e. The van der Waals surface area contributed by atoms with Gasteiger partial charge in [0.1, 0.15) is 5.75 Å². The van der Waals surface area contributed by atoms with E-state index in [0.29, 0.717) is 12.1 Å². The summed E-state index contributed by atoms with van der Waals surface area (Å²) < 4.78 is 0. The fourth-order valence-electron chi connectivity index (χ4n) is 1.09. The lowest BCUT2D eigenvalue weighted by molar-refractivity contribution is 0.461. The van der Waals surface area contributed by atoms with Crippen LogP contribution >= 0.6 is 0 Å². The predicted octanol–water partition coefficient (Wildman–Crippen LogP) is 0.659. The van der Waals surface area contributed by atoms with Crippen molar-refractivity contribution in [3.63, 3.8) is 0 Å². The first-order valence-corrected chi connectivity index (χ1v) is 3.90. The van der Waals surface area contributed by atoms with Crippen molar-refractivity contribution in [3.8, 4) is 5.75 Å². The van der Waals surface area contributed by atoms with Gasteiger partial charge in [-0.25, -0.2) is 0 Å². The Morgan fingerprint density at radius 1 is 1.50 bits per heavy atom. The van der Waals surface area contributed by atoms with Crippen LogP contribution in [0.25, 0.3) is 0 Å². The zero-order chi connectivity index (χ0) is 9.14. The lowest BCUT2D eigenvalue weighted by atomic mass is 10.0. The average Bonchev–Trinajstić information content (AvgIpc) is 2.03. The zero-order valence-corrected chi connectivity index (χ0v) is 7.12. The molecule has 0 fully saturated rings. The molecule has 0 bridgehead atoms. The van der Waals surface area contributed by atoms with Crippen LogP contribution in [0.5, 0.6) is 5.75 Å². The van der Waals surface area contributed by atoms with E-state index in [-0.39, 0.29) is 11.8 Å². The van der Waals surface area contributed by atoms with Crippen molar-refractivity contribution in [3.05, 3.63) is 29.3 Å². The quantitative estimate of drug-likeness (QED) is 0.604. The Morgan fingerprint density at radius 3 is 2.67 bits per heavy atom. The van der Waals surface area contributed by atoms with E-state index in [1.165, 1.54) is 0 Å². The maximum absolute atomic E-state index is 9.46. The van der Waals surface area contributed by atoms with Crippen LogP contribution in [-0.2, 0) is 0 Å². The average molecular weight is 166 g/mol. The fraction of sp³-hybridized carbons (Fsp3) is 0.333.